The van der Waals surface area contributed by atoms with E-state index in [0.717, 1.165) is 32.4 Å². The molecule has 5 heteroatoms. The second-order valence-corrected chi connectivity index (χ2v) is 6.82. The lowest BCUT2D eigenvalue weighted by molar-refractivity contribution is 0.0783. The molecule has 3 N–H and O–H groups in total. The summed E-state index contributed by atoms with van der Waals surface area (Å²) in [4.78, 5) is 14.4. The van der Waals surface area contributed by atoms with E-state index in [-0.39, 0.29) is 11.7 Å². The third-order valence-corrected chi connectivity index (χ3v) is 5.24. The number of amides is 1. The molecule has 1 aromatic rings. The van der Waals surface area contributed by atoms with Crippen LogP contribution in [0.3, 0.4) is 0 Å². The van der Waals surface area contributed by atoms with Gasteiger partial charge in [-0.25, -0.2) is 0 Å². The molecule has 20 heavy (non-hydrogen) atoms. The van der Waals surface area contributed by atoms with Gasteiger partial charge in [-0.05, 0) is 65.2 Å². The molecule has 0 aromatic heterocycles. The number of halogens is 1. The summed E-state index contributed by atoms with van der Waals surface area (Å²) < 4.78 is 0.607. The van der Waals surface area contributed by atoms with Crippen molar-refractivity contribution in [1.29, 1.82) is 0 Å². The van der Waals surface area contributed by atoms with Gasteiger partial charge in [-0.1, -0.05) is 0 Å². The highest BCUT2D eigenvalue weighted by molar-refractivity contribution is 9.10. The highest BCUT2D eigenvalue weighted by Gasteiger charge is 2.38. The second-order valence-electron chi connectivity index (χ2n) is 5.97. The molecular weight excluding hydrogens is 320 g/mol. The highest BCUT2D eigenvalue weighted by Crippen LogP contribution is 2.36. The van der Waals surface area contributed by atoms with Crippen molar-refractivity contribution >= 4 is 21.8 Å². The highest BCUT2D eigenvalue weighted by atomic mass is 79.9. The SMILES string of the molecule is NC1CC[C@@H]2CN(C(=O)c3ccc(Br)c(O)c3)C[C@@H]2C1. The maximum atomic E-state index is 12.5. The van der Waals surface area contributed by atoms with Crippen LogP contribution < -0.4 is 5.73 Å². The minimum atomic E-state index is 0.00997. The standard InChI is InChI=1S/C15H19BrN2O2/c16-13-4-2-9(6-14(13)19)15(20)18-7-10-1-3-12(17)5-11(10)8-18/h2,4,6,10-12,19H,1,3,5,7-8,17H2/t10-,11+,12?/m1/s1. The fourth-order valence-electron chi connectivity index (χ4n) is 3.46. The maximum absolute atomic E-state index is 12.5. The van der Waals surface area contributed by atoms with Crippen molar-refractivity contribution < 1.29 is 9.90 Å². The topological polar surface area (TPSA) is 66.6 Å². The zero-order valence-corrected chi connectivity index (χ0v) is 12.8. The smallest absolute Gasteiger partial charge is 0.254 e. The normalized spacial score (nSPS) is 29.3. The third kappa shape index (κ3) is 2.56. The van der Waals surface area contributed by atoms with E-state index >= 15 is 0 Å². The maximum Gasteiger partial charge on any atom is 0.254 e. The monoisotopic (exact) mass is 338 g/mol. The third-order valence-electron chi connectivity index (χ3n) is 4.57. The summed E-state index contributed by atoms with van der Waals surface area (Å²) in [6, 6.07) is 5.28. The molecule has 0 spiro atoms. The van der Waals surface area contributed by atoms with Crippen LogP contribution in [0.25, 0.3) is 0 Å². The summed E-state index contributed by atoms with van der Waals surface area (Å²) in [6.45, 7) is 1.63. The Bertz CT molecular complexity index is 535. The molecule has 2 aliphatic rings. The number of benzene rings is 1. The van der Waals surface area contributed by atoms with Gasteiger partial charge in [-0.2, -0.15) is 0 Å². The van der Waals surface area contributed by atoms with Crippen LogP contribution in [0.4, 0.5) is 0 Å². The predicted molar refractivity (Wildman–Crippen MR) is 80.5 cm³/mol. The van der Waals surface area contributed by atoms with Crippen molar-refractivity contribution in [1.82, 2.24) is 4.90 Å². The number of fused-ring (bicyclic) bond motifs is 1. The van der Waals surface area contributed by atoms with E-state index in [2.05, 4.69) is 15.9 Å². The Morgan fingerprint density at radius 1 is 1.30 bits per heavy atom. The number of rotatable bonds is 1. The molecular formula is C15H19BrN2O2. The molecule has 1 aromatic carbocycles. The molecule has 3 atom stereocenters. The van der Waals surface area contributed by atoms with E-state index in [4.69, 9.17) is 5.73 Å². The van der Waals surface area contributed by atoms with Gasteiger partial charge in [0.1, 0.15) is 5.75 Å². The van der Waals surface area contributed by atoms with Crippen molar-refractivity contribution in [3.05, 3.63) is 28.2 Å². The Morgan fingerprint density at radius 2 is 2.05 bits per heavy atom. The number of hydrogen-bond donors (Lipinski definition) is 2. The molecule has 1 aliphatic carbocycles. The van der Waals surface area contributed by atoms with E-state index < -0.39 is 0 Å². The molecule has 3 rings (SSSR count). The van der Waals surface area contributed by atoms with E-state index in [0.29, 0.717) is 27.9 Å². The number of likely N-dealkylation sites (tertiary alicyclic amines) is 1. The van der Waals surface area contributed by atoms with Gasteiger partial charge >= 0.3 is 0 Å². The first-order valence-corrected chi connectivity index (χ1v) is 7.87. The van der Waals surface area contributed by atoms with Gasteiger partial charge in [0.25, 0.3) is 5.91 Å². The molecule has 108 valence electrons. The number of hydrogen-bond acceptors (Lipinski definition) is 3. The van der Waals surface area contributed by atoms with E-state index in [1.165, 1.54) is 6.07 Å². The minimum Gasteiger partial charge on any atom is -0.507 e. The molecule has 2 fully saturated rings. The Kier molecular flexibility index (Phi) is 3.73. The lowest BCUT2D eigenvalue weighted by Crippen LogP contribution is -2.32. The average molecular weight is 339 g/mol. The molecule has 1 aliphatic heterocycles. The first kappa shape index (κ1) is 13.9. The minimum absolute atomic E-state index is 0.00997. The van der Waals surface area contributed by atoms with Crippen molar-refractivity contribution in [3.63, 3.8) is 0 Å². The number of nitrogens with zero attached hydrogens (tertiary/aromatic N) is 1. The molecule has 0 bridgehead atoms. The quantitative estimate of drug-likeness (QED) is 0.825. The van der Waals surface area contributed by atoms with Crippen LogP contribution in [0.2, 0.25) is 0 Å². The number of phenolic OH excluding ortho intramolecular Hbond substituents is 1. The zero-order chi connectivity index (χ0) is 14.3. The van der Waals surface area contributed by atoms with Gasteiger partial charge in [-0.15, -0.1) is 0 Å². The van der Waals surface area contributed by atoms with Crippen molar-refractivity contribution in [3.8, 4) is 5.75 Å². The molecule has 0 radical (unpaired) electrons. The number of nitrogens with two attached hydrogens (primary N) is 1. The summed E-state index contributed by atoms with van der Waals surface area (Å²) in [5, 5.41) is 9.70. The van der Waals surface area contributed by atoms with Crippen LogP contribution in [0.1, 0.15) is 29.6 Å². The van der Waals surface area contributed by atoms with E-state index in [9.17, 15) is 9.90 Å². The van der Waals surface area contributed by atoms with E-state index in [1.54, 1.807) is 12.1 Å². The first-order chi connectivity index (χ1) is 9.54. The van der Waals surface area contributed by atoms with Crippen molar-refractivity contribution in [2.45, 2.75) is 25.3 Å². The fourth-order valence-corrected chi connectivity index (χ4v) is 3.71. The summed E-state index contributed by atoms with van der Waals surface area (Å²) in [5.41, 5.74) is 6.57. The largest absolute Gasteiger partial charge is 0.507 e. The van der Waals surface area contributed by atoms with Crippen molar-refractivity contribution in [2.24, 2.45) is 17.6 Å². The van der Waals surface area contributed by atoms with Crippen LogP contribution in [0.5, 0.6) is 5.75 Å². The van der Waals surface area contributed by atoms with Gasteiger partial charge in [0.05, 0.1) is 4.47 Å². The molecule has 1 unspecified atom stereocenters. The molecule has 4 nitrogen and oxygen atoms in total. The number of aromatic hydroxyl groups is 1. The summed E-state index contributed by atoms with van der Waals surface area (Å²) in [6.07, 6.45) is 3.23. The van der Waals surface area contributed by atoms with Crippen LogP contribution in [0, 0.1) is 11.8 Å². The predicted octanol–water partition coefficient (Wildman–Crippen LogP) is 2.35. The lowest BCUT2D eigenvalue weighted by Gasteiger charge is -2.27. The second kappa shape index (κ2) is 5.37. The lowest BCUT2D eigenvalue weighted by atomic mass is 9.79. The van der Waals surface area contributed by atoms with Gasteiger partial charge < -0.3 is 15.7 Å². The van der Waals surface area contributed by atoms with Crippen LogP contribution in [-0.4, -0.2) is 35.0 Å². The van der Waals surface area contributed by atoms with Gasteiger partial charge in [-0.3, -0.25) is 4.79 Å². The van der Waals surface area contributed by atoms with Gasteiger partial charge in [0.15, 0.2) is 0 Å². The molecule has 1 saturated carbocycles. The fraction of sp³-hybridized carbons (Fsp3) is 0.533. The summed E-state index contributed by atoms with van der Waals surface area (Å²) in [7, 11) is 0. The van der Waals surface area contributed by atoms with Crippen LogP contribution >= 0.6 is 15.9 Å². The molecule has 1 heterocycles. The molecule has 1 amide bonds. The Balaban J connectivity index is 1.73. The summed E-state index contributed by atoms with van der Waals surface area (Å²) >= 11 is 3.23. The van der Waals surface area contributed by atoms with Crippen LogP contribution in [-0.2, 0) is 0 Å². The summed E-state index contributed by atoms with van der Waals surface area (Å²) in [5.74, 6) is 1.26. The van der Waals surface area contributed by atoms with E-state index in [1.807, 2.05) is 4.90 Å². The van der Waals surface area contributed by atoms with Crippen LogP contribution in [0.15, 0.2) is 22.7 Å². The average Bonchev–Trinajstić information content (AvgIpc) is 2.84. The van der Waals surface area contributed by atoms with Gasteiger partial charge in [0.2, 0.25) is 0 Å². The van der Waals surface area contributed by atoms with Crippen molar-refractivity contribution in [2.75, 3.05) is 13.1 Å². The number of carbonyl (C=O) groups excluding carboxylic acids is 1. The Labute approximate surface area is 127 Å². The Morgan fingerprint density at radius 3 is 2.80 bits per heavy atom. The molecule has 1 saturated heterocycles. The Hall–Kier alpha value is -1.07. The number of carbonyl (C=O) groups is 1. The number of phenols is 1. The first-order valence-electron chi connectivity index (χ1n) is 7.08. The van der Waals surface area contributed by atoms with Gasteiger partial charge in [0, 0.05) is 24.7 Å². The zero-order valence-electron chi connectivity index (χ0n) is 11.3.